The highest BCUT2D eigenvalue weighted by atomic mass is 16.5. The Labute approximate surface area is 153 Å². The number of likely N-dealkylation sites (N-methyl/N-ethyl adjacent to an activating group) is 1. The first-order valence-corrected chi connectivity index (χ1v) is 9.15. The lowest BCUT2D eigenvalue weighted by Gasteiger charge is -2.19. The predicted molar refractivity (Wildman–Crippen MR) is 101 cm³/mol. The number of ether oxygens (including phenoxy) is 1. The summed E-state index contributed by atoms with van der Waals surface area (Å²) in [5, 5.41) is 9.16. The van der Waals surface area contributed by atoms with E-state index in [2.05, 4.69) is 30.0 Å². The predicted octanol–water partition coefficient (Wildman–Crippen LogP) is 3.02. The first kappa shape index (κ1) is 17.0. The van der Waals surface area contributed by atoms with Crippen LogP contribution in [0.1, 0.15) is 34.7 Å². The number of aliphatic hydroxyl groups excluding tert-OH is 1. The van der Waals surface area contributed by atoms with Crippen LogP contribution < -0.4 is 0 Å². The number of benzene rings is 2. The molecule has 0 atom stereocenters. The lowest BCUT2D eigenvalue weighted by atomic mass is 9.99. The van der Waals surface area contributed by atoms with Gasteiger partial charge in [0.2, 0.25) is 0 Å². The Morgan fingerprint density at radius 2 is 1.96 bits per heavy atom. The fourth-order valence-corrected chi connectivity index (χ4v) is 3.85. The third kappa shape index (κ3) is 2.96. The molecule has 134 valence electrons. The number of hydrogen-bond acceptors (Lipinski definition) is 4. The highest BCUT2D eigenvalue weighted by Gasteiger charge is 2.32. The topological polar surface area (TPSA) is 49.8 Å². The normalized spacial score (nSPS) is 18.2. The average Bonchev–Trinajstić information content (AvgIpc) is 3.20. The molecule has 2 aromatic rings. The van der Waals surface area contributed by atoms with E-state index in [-0.39, 0.29) is 12.4 Å². The SMILES string of the molecule is CCN(CCO)Cc1ccc2c(c1)CO/C2=C1/C(=O)Cc2ccccc21. The molecule has 2 aromatic carbocycles. The number of aliphatic hydroxyl groups is 1. The molecule has 4 heteroatoms. The lowest BCUT2D eigenvalue weighted by Crippen LogP contribution is -2.26. The van der Waals surface area contributed by atoms with Crippen molar-refractivity contribution in [2.75, 3.05) is 19.7 Å². The maximum Gasteiger partial charge on any atom is 0.171 e. The van der Waals surface area contributed by atoms with Crippen molar-refractivity contribution in [2.45, 2.75) is 26.5 Å². The van der Waals surface area contributed by atoms with Crippen LogP contribution in [0.25, 0.3) is 11.3 Å². The van der Waals surface area contributed by atoms with Gasteiger partial charge in [0, 0.05) is 30.6 Å². The molecule has 1 N–H and O–H groups in total. The summed E-state index contributed by atoms with van der Waals surface area (Å²) < 4.78 is 5.97. The van der Waals surface area contributed by atoms with Crippen molar-refractivity contribution < 1.29 is 14.6 Å². The van der Waals surface area contributed by atoms with Crippen LogP contribution in [0.5, 0.6) is 0 Å². The van der Waals surface area contributed by atoms with Gasteiger partial charge in [-0.3, -0.25) is 9.69 Å². The number of fused-ring (bicyclic) bond motifs is 2. The summed E-state index contributed by atoms with van der Waals surface area (Å²) >= 11 is 0. The van der Waals surface area contributed by atoms with E-state index in [1.807, 2.05) is 24.3 Å². The minimum atomic E-state index is 0.137. The van der Waals surface area contributed by atoms with Crippen molar-refractivity contribution in [1.29, 1.82) is 0 Å². The minimum absolute atomic E-state index is 0.137. The summed E-state index contributed by atoms with van der Waals surface area (Å²) in [6.45, 7) is 5.14. The van der Waals surface area contributed by atoms with Gasteiger partial charge in [-0.15, -0.1) is 0 Å². The van der Waals surface area contributed by atoms with Crippen molar-refractivity contribution in [3.8, 4) is 0 Å². The molecule has 1 heterocycles. The number of carbonyl (C=O) groups excluding carboxylic acids is 1. The maximum absolute atomic E-state index is 12.6. The number of Topliss-reactive ketones (excluding diaryl/α,β-unsaturated/α-hetero) is 1. The van der Waals surface area contributed by atoms with Crippen LogP contribution in [-0.4, -0.2) is 35.5 Å². The number of carbonyl (C=O) groups is 1. The summed E-state index contributed by atoms with van der Waals surface area (Å²) in [6.07, 6.45) is 0.457. The average molecular weight is 349 g/mol. The van der Waals surface area contributed by atoms with Gasteiger partial charge in [0.1, 0.15) is 12.4 Å². The summed E-state index contributed by atoms with van der Waals surface area (Å²) in [4.78, 5) is 14.8. The van der Waals surface area contributed by atoms with Crippen LogP contribution in [0.3, 0.4) is 0 Å². The van der Waals surface area contributed by atoms with Gasteiger partial charge in [-0.1, -0.05) is 49.4 Å². The van der Waals surface area contributed by atoms with Gasteiger partial charge in [0.05, 0.1) is 12.2 Å². The first-order valence-electron chi connectivity index (χ1n) is 9.15. The minimum Gasteiger partial charge on any atom is -0.487 e. The standard InChI is InChI=1S/C22H23NO3/c1-2-23(9-10-24)13-15-7-8-19-17(11-15)14-26-22(19)21-18-6-4-3-5-16(18)12-20(21)25/h3-8,11,24H,2,9-10,12-14H2,1H3/b22-21+. The van der Waals surface area contributed by atoms with Crippen molar-refractivity contribution in [3.63, 3.8) is 0 Å². The number of nitrogens with zero attached hydrogens (tertiary/aromatic N) is 1. The number of hydrogen-bond donors (Lipinski definition) is 1. The zero-order valence-electron chi connectivity index (χ0n) is 15.0. The molecule has 0 amide bonds. The molecule has 4 nitrogen and oxygen atoms in total. The Bertz CT molecular complexity index is 885. The van der Waals surface area contributed by atoms with Gasteiger partial charge in [-0.05, 0) is 23.2 Å². The maximum atomic E-state index is 12.6. The molecular weight excluding hydrogens is 326 g/mol. The molecular formula is C22H23NO3. The van der Waals surface area contributed by atoms with Gasteiger partial charge >= 0.3 is 0 Å². The molecule has 0 fully saturated rings. The molecule has 0 saturated carbocycles. The molecule has 1 aliphatic carbocycles. The van der Waals surface area contributed by atoms with Gasteiger partial charge in [-0.2, -0.15) is 0 Å². The Hall–Kier alpha value is -2.43. The van der Waals surface area contributed by atoms with E-state index in [1.165, 1.54) is 5.56 Å². The highest BCUT2D eigenvalue weighted by Crippen LogP contribution is 2.40. The molecule has 2 aliphatic rings. The van der Waals surface area contributed by atoms with Gasteiger partial charge in [0.25, 0.3) is 0 Å². The fraction of sp³-hybridized carbons (Fsp3) is 0.318. The molecule has 0 radical (unpaired) electrons. The Morgan fingerprint density at radius 1 is 1.12 bits per heavy atom. The smallest absolute Gasteiger partial charge is 0.171 e. The molecule has 1 aliphatic heterocycles. The highest BCUT2D eigenvalue weighted by molar-refractivity contribution is 6.31. The van der Waals surface area contributed by atoms with Crippen LogP contribution in [0.4, 0.5) is 0 Å². The third-order valence-corrected chi connectivity index (χ3v) is 5.20. The van der Waals surface area contributed by atoms with Gasteiger partial charge in [0.15, 0.2) is 5.78 Å². The second-order valence-electron chi connectivity index (χ2n) is 6.83. The van der Waals surface area contributed by atoms with Crippen molar-refractivity contribution >= 4 is 17.1 Å². The van der Waals surface area contributed by atoms with Crippen molar-refractivity contribution in [1.82, 2.24) is 4.90 Å². The van der Waals surface area contributed by atoms with Crippen LogP contribution in [0, 0.1) is 0 Å². The van der Waals surface area contributed by atoms with Crippen LogP contribution in [0.2, 0.25) is 0 Å². The van der Waals surface area contributed by atoms with Gasteiger partial charge in [-0.25, -0.2) is 0 Å². The molecule has 0 saturated heterocycles. The van der Waals surface area contributed by atoms with E-state index in [4.69, 9.17) is 9.84 Å². The summed E-state index contributed by atoms with van der Waals surface area (Å²) in [6, 6.07) is 14.3. The Balaban J connectivity index is 1.68. The molecule has 0 spiro atoms. The lowest BCUT2D eigenvalue weighted by molar-refractivity contribution is -0.112. The molecule has 0 unspecified atom stereocenters. The van der Waals surface area contributed by atoms with E-state index in [0.717, 1.165) is 46.7 Å². The van der Waals surface area contributed by atoms with E-state index in [0.29, 0.717) is 19.6 Å². The van der Waals surface area contributed by atoms with E-state index < -0.39 is 0 Å². The largest absolute Gasteiger partial charge is 0.487 e. The monoisotopic (exact) mass is 349 g/mol. The number of ketones is 1. The van der Waals surface area contributed by atoms with Crippen LogP contribution in [0.15, 0.2) is 42.5 Å². The molecule has 4 rings (SSSR count). The quantitative estimate of drug-likeness (QED) is 0.843. The van der Waals surface area contributed by atoms with E-state index >= 15 is 0 Å². The number of rotatable bonds is 5. The Morgan fingerprint density at radius 3 is 2.77 bits per heavy atom. The summed E-state index contributed by atoms with van der Waals surface area (Å²) in [5.41, 5.74) is 6.16. The Kier molecular flexibility index (Phi) is 4.62. The molecule has 26 heavy (non-hydrogen) atoms. The second kappa shape index (κ2) is 7.06. The van der Waals surface area contributed by atoms with E-state index in [9.17, 15) is 4.79 Å². The zero-order chi connectivity index (χ0) is 18.1. The van der Waals surface area contributed by atoms with Gasteiger partial charge < -0.3 is 9.84 Å². The first-order chi connectivity index (χ1) is 12.7. The second-order valence-corrected chi connectivity index (χ2v) is 6.83. The van der Waals surface area contributed by atoms with E-state index in [1.54, 1.807) is 0 Å². The van der Waals surface area contributed by atoms with Crippen LogP contribution >= 0.6 is 0 Å². The molecule has 0 aromatic heterocycles. The number of allylic oxidation sites excluding steroid dienone is 1. The fourth-order valence-electron chi connectivity index (χ4n) is 3.85. The van der Waals surface area contributed by atoms with Crippen molar-refractivity contribution in [3.05, 3.63) is 70.3 Å². The third-order valence-electron chi connectivity index (χ3n) is 5.20. The molecule has 0 bridgehead atoms. The van der Waals surface area contributed by atoms with Crippen molar-refractivity contribution in [2.24, 2.45) is 0 Å². The zero-order valence-corrected chi connectivity index (χ0v) is 15.0. The summed E-state index contributed by atoms with van der Waals surface area (Å²) in [7, 11) is 0. The van der Waals surface area contributed by atoms with Crippen LogP contribution in [-0.2, 0) is 29.1 Å². The summed E-state index contributed by atoms with van der Waals surface area (Å²) in [5.74, 6) is 0.863.